The highest BCUT2D eigenvalue weighted by atomic mass is 35.5. The van der Waals surface area contributed by atoms with Crippen molar-refractivity contribution < 1.29 is 14.3 Å². The fraction of sp³-hybridized carbons (Fsp3) is 0.391. The van der Waals surface area contributed by atoms with Crippen LogP contribution in [0.15, 0.2) is 48.5 Å². The van der Waals surface area contributed by atoms with E-state index in [1.165, 1.54) is 0 Å². The van der Waals surface area contributed by atoms with Crippen LogP contribution in [0.4, 0.5) is 0 Å². The Labute approximate surface area is 178 Å². The van der Waals surface area contributed by atoms with Gasteiger partial charge < -0.3 is 15.0 Å². The highest BCUT2D eigenvalue weighted by Gasteiger charge is 2.26. The maximum Gasteiger partial charge on any atom is 0.242 e. The summed E-state index contributed by atoms with van der Waals surface area (Å²) >= 11 is 6.10. The second-order valence-electron chi connectivity index (χ2n) is 7.49. The van der Waals surface area contributed by atoms with Gasteiger partial charge in [-0.25, -0.2) is 0 Å². The molecule has 156 valence electrons. The van der Waals surface area contributed by atoms with Crippen LogP contribution in [0.1, 0.15) is 31.9 Å². The summed E-state index contributed by atoms with van der Waals surface area (Å²) in [6.07, 6.45) is 0.201. The molecule has 6 heteroatoms. The molecule has 0 radical (unpaired) electrons. The molecule has 29 heavy (non-hydrogen) atoms. The smallest absolute Gasteiger partial charge is 0.242 e. The zero-order chi connectivity index (χ0) is 21.4. The summed E-state index contributed by atoms with van der Waals surface area (Å²) in [5.74, 6) is 0.784. The molecular weight excluding hydrogens is 388 g/mol. The lowest BCUT2D eigenvalue weighted by Gasteiger charge is -2.29. The highest BCUT2D eigenvalue weighted by Crippen LogP contribution is 2.17. The van der Waals surface area contributed by atoms with Crippen molar-refractivity contribution in [1.29, 1.82) is 0 Å². The second kappa shape index (κ2) is 10.9. The predicted octanol–water partition coefficient (Wildman–Crippen LogP) is 4.08. The maximum atomic E-state index is 13.1. The summed E-state index contributed by atoms with van der Waals surface area (Å²) in [7, 11) is 1.60. The van der Waals surface area contributed by atoms with Crippen molar-refractivity contribution in [2.24, 2.45) is 5.92 Å². The third kappa shape index (κ3) is 7.09. The number of carbonyl (C=O) groups excluding carboxylic acids is 2. The van der Waals surface area contributed by atoms with Crippen molar-refractivity contribution in [1.82, 2.24) is 10.2 Å². The normalized spacial score (nSPS) is 11.8. The standard InChI is InChI=1S/C23H29ClN2O3/c1-16(2)14-25-23(28)17(3)26(15-19-6-5-7-20(24)12-19)22(27)13-18-8-10-21(29-4)11-9-18/h5-12,16-17H,13-15H2,1-4H3,(H,25,28). The van der Waals surface area contributed by atoms with Crippen molar-refractivity contribution in [3.63, 3.8) is 0 Å². The molecule has 0 fully saturated rings. The first-order chi connectivity index (χ1) is 13.8. The molecule has 0 aliphatic carbocycles. The number of nitrogens with one attached hydrogen (secondary N) is 1. The minimum absolute atomic E-state index is 0.123. The Kier molecular flexibility index (Phi) is 8.52. The largest absolute Gasteiger partial charge is 0.497 e. The molecule has 0 aliphatic heterocycles. The quantitative estimate of drug-likeness (QED) is 0.670. The van der Waals surface area contributed by atoms with Crippen molar-refractivity contribution >= 4 is 23.4 Å². The molecule has 0 aliphatic rings. The van der Waals surface area contributed by atoms with Gasteiger partial charge >= 0.3 is 0 Å². The van der Waals surface area contributed by atoms with Gasteiger partial charge in [0.2, 0.25) is 11.8 Å². The molecule has 5 nitrogen and oxygen atoms in total. The molecule has 2 aromatic rings. The van der Waals surface area contributed by atoms with Crippen LogP contribution in [-0.2, 0) is 22.6 Å². The van der Waals surface area contributed by atoms with Gasteiger partial charge in [0, 0.05) is 18.1 Å². The summed E-state index contributed by atoms with van der Waals surface area (Å²) in [6.45, 7) is 6.70. The minimum Gasteiger partial charge on any atom is -0.497 e. The van der Waals surface area contributed by atoms with Crippen molar-refractivity contribution in [2.45, 2.75) is 39.8 Å². The van der Waals surface area contributed by atoms with Crippen LogP contribution in [-0.4, -0.2) is 36.4 Å². The molecule has 2 aromatic carbocycles. The van der Waals surface area contributed by atoms with E-state index >= 15 is 0 Å². The van der Waals surface area contributed by atoms with Gasteiger partial charge in [-0.3, -0.25) is 9.59 Å². The van der Waals surface area contributed by atoms with Crippen molar-refractivity contribution in [2.75, 3.05) is 13.7 Å². The lowest BCUT2D eigenvalue weighted by atomic mass is 10.1. The number of ether oxygens (including phenoxy) is 1. The summed E-state index contributed by atoms with van der Waals surface area (Å²) < 4.78 is 5.17. The molecule has 0 bridgehead atoms. The Morgan fingerprint density at radius 1 is 1.07 bits per heavy atom. The Morgan fingerprint density at radius 2 is 1.76 bits per heavy atom. The number of benzene rings is 2. The fourth-order valence-corrected chi connectivity index (χ4v) is 3.10. The zero-order valence-corrected chi connectivity index (χ0v) is 18.2. The first-order valence-corrected chi connectivity index (χ1v) is 10.1. The summed E-state index contributed by atoms with van der Waals surface area (Å²) in [6, 6.07) is 14.1. The molecule has 1 atom stereocenters. The number of hydrogen-bond donors (Lipinski definition) is 1. The van der Waals surface area contributed by atoms with Crippen LogP contribution in [0, 0.1) is 5.92 Å². The van der Waals surface area contributed by atoms with E-state index in [2.05, 4.69) is 5.32 Å². The SMILES string of the molecule is COc1ccc(CC(=O)N(Cc2cccc(Cl)c2)C(C)C(=O)NCC(C)C)cc1. The van der Waals surface area contributed by atoms with E-state index in [1.54, 1.807) is 25.0 Å². The van der Waals surface area contributed by atoms with E-state index in [9.17, 15) is 9.59 Å². The average Bonchev–Trinajstić information content (AvgIpc) is 2.70. The molecule has 2 amide bonds. The molecule has 0 saturated carbocycles. The lowest BCUT2D eigenvalue weighted by molar-refractivity contribution is -0.140. The molecule has 2 rings (SSSR count). The van der Waals surface area contributed by atoms with Crippen molar-refractivity contribution in [3.8, 4) is 5.75 Å². The Bertz CT molecular complexity index is 821. The number of rotatable bonds is 9. The van der Waals surface area contributed by atoms with Gasteiger partial charge in [0.05, 0.1) is 13.5 Å². The number of amides is 2. The predicted molar refractivity (Wildman–Crippen MR) is 116 cm³/mol. The Hall–Kier alpha value is -2.53. The molecule has 1 unspecified atom stereocenters. The van der Waals surface area contributed by atoms with E-state index in [-0.39, 0.29) is 18.2 Å². The first-order valence-electron chi connectivity index (χ1n) is 9.74. The third-order valence-electron chi connectivity index (χ3n) is 4.61. The van der Waals surface area contributed by atoms with Crippen molar-refractivity contribution in [3.05, 3.63) is 64.7 Å². The van der Waals surface area contributed by atoms with E-state index in [0.29, 0.717) is 24.0 Å². The Balaban J connectivity index is 2.19. The monoisotopic (exact) mass is 416 g/mol. The summed E-state index contributed by atoms with van der Waals surface area (Å²) in [5.41, 5.74) is 1.74. The number of methoxy groups -OCH3 is 1. The summed E-state index contributed by atoms with van der Waals surface area (Å²) in [4.78, 5) is 27.4. The van der Waals surface area contributed by atoms with Gasteiger partial charge in [-0.15, -0.1) is 0 Å². The minimum atomic E-state index is -0.599. The Morgan fingerprint density at radius 3 is 2.34 bits per heavy atom. The molecule has 0 aromatic heterocycles. The number of carbonyl (C=O) groups is 2. The van der Waals surface area contributed by atoms with Crippen LogP contribution in [0.5, 0.6) is 5.75 Å². The van der Waals surface area contributed by atoms with Gasteiger partial charge in [0.25, 0.3) is 0 Å². The zero-order valence-electron chi connectivity index (χ0n) is 17.4. The van der Waals surface area contributed by atoms with Gasteiger partial charge in [0.15, 0.2) is 0 Å². The van der Waals surface area contributed by atoms with E-state index < -0.39 is 6.04 Å². The summed E-state index contributed by atoms with van der Waals surface area (Å²) in [5, 5.41) is 3.52. The van der Waals surface area contributed by atoms with Gasteiger partial charge in [-0.1, -0.05) is 49.7 Å². The topological polar surface area (TPSA) is 58.6 Å². The van der Waals surface area contributed by atoms with Crippen LogP contribution in [0.3, 0.4) is 0 Å². The van der Waals surface area contributed by atoms with Crippen LogP contribution in [0.25, 0.3) is 0 Å². The van der Waals surface area contributed by atoms with Crippen LogP contribution < -0.4 is 10.1 Å². The first kappa shape index (κ1) is 22.8. The highest BCUT2D eigenvalue weighted by molar-refractivity contribution is 6.30. The van der Waals surface area contributed by atoms with Crippen LogP contribution in [0.2, 0.25) is 5.02 Å². The lowest BCUT2D eigenvalue weighted by Crippen LogP contribution is -2.48. The number of nitrogens with zero attached hydrogens (tertiary/aromatic N) is 1. The molecular formula is C23H29ClN2O3. The van der Waals surface area contributed by atoms with Gasteiger partial charge in [-0.2, -0.15) is 0 Å². The molecule has 0 spiro atoms. The van der Waals surface area contributed by atoms with Gasteiger partial charge in [0.1, 0.15) is 11.8 Å². The molecule has 0 saturated heterocycles. The van der Waals surface area contributed by atoms with E-state index in [1.807, 2.05) is 56.3 Å². The van der Waals surface area contributed by atoms with E-state index in [4.69, 9.17) is 16.3 Å². The number of halogens is 1. The average molecular weight is 417 g/mol. The van der Waals surface area contributed by atoms with Crippen LogP contribution >= 0.6 is 11.6 Å². The van der Waals surface area contributed by atoms with Gasteiger partial charge in [-0.05, 0) is 48.2 Å². The van der Waals surface area contributed by atoms with E-state index in [0.717, 1.165) is 16.9 Å². The number of hydrogen-bond acceptors (Lipinski definition) is 3. The maximum absolute atomic E-state index is 13.1. The second-order valence-corrected chi connectivity index (χ2v) is 7.93. The fourth-order valence-electron chi connectivity index (χ4n) is 2.89. The molecule has 1 N–H and O–H groups in total. The molecule has 0 heterocycles. The third-order valence-corrected chi connectivity index (χ3v) is 4.84.